The average Bonchev–Trinajstić information content (AvgIpc) is 2.42. The molecule has 1 unspecified atom stereocenters. The molecule has 0 fully saturated rings. The molecule has 1 atom stereocenters. The highest BCUT2D eigenvalue weighted by molar-refractivity contribution is 9.10. The van der Waals surface area contributed by atoms with Crippen LogP contribution in [0.15, 0.2) is 22.7 Å². The van der Waals surface area contributed by atoms with E-state index in [0.717, 1.165) is 30.3 Å². The van der Waals surface area contributed by atoms with Crippen molar-refractivity contribution in [2.24, 2.45) is 5.92 Å². The van der Waals surface area contributed by atoms with E-state index in [1.165, 1.54) is 11.1 Å². The van der Waals surface area contributed by atoms with E-state index in [-0.39, 0.29) is 5.91 Å². The predicted octanol–water partition coefficient (Wildman–Crippen LogP) is 2.67. The summed E-state index contributed by atoms with van der Waals surface area (Å²) in [4.78, 5) is 11.7. The predicted molar refractivity (Wildman–Crippen MR) is 85.8 cm³/mol. The topological polar surface area (TPSA) is 41.1 Å². The summed E-state index contributed by atoms with van der Waals surface area (Å²) in [6.45, 7) is 5.37. The molecule has 0 aliphatic heterocycles. The summed E-state index contributed by atoms with van der Waals surface area (Å²) in [7, 11) is 0. The zero-order valence-corrected chi connectivity index (χ0v) is 13.8. The largest absolute Gasteiger partial charge is 0.355 e. The van der Waals surface area contributed by atoms with E-state index in [1.54, 1.807) is 0 Å². The first-order chi connectivity index (χ1) is 9.54. The third-order valence-electron chi connectivity index (χ3n) is 3.66. The van der Waals surface area contributed by atoms with Crippen molar-refractivity contribution >= 4 is 21.8 Å². The Labute approximate surface area is 129 Å². The van der Waals surface area contributed by atoms with Crippen LogP contribution in [-0.2, 0) is 17.6 Å². The van der Waals surface area contributed by atoms with Crippen molar-refractivity contribution in [3.05, 3.63) is 33.8 Å². The van der Waals surface area contributed by atoms with Crippen molar-refractivity contribution < 1.29 is 4.79 Å². The number of carbonyl (C=O) groups excluding carboxylic acids is 1. The van der Waals surface area contributed by atoms with Crippen LogP contribution in [0.3, 0.4) is 0 Å². The van der Waals surface area contributed by atoms with Gasteiger partial charge in [0.05, 0.1) is 6.54 Å². The van der Waals surface area contributed by atoms with Crippen molar-refractivity contribution in [3.63, 3.8) is 0 Å². The number of aryl methyl sites for hydroxylation is 1. The minimum absolute atomic E-state index is 0.0975. The van der Waals surface area contributed by atoms with Gasteiger partial charge in [-0.2, -0.15) is 0 Å². The smallest absolute Gasteiger partial charge is 0.233 e. The molecule has 2 N–H and O–H groups in total. The zero-order valence-electron chi connectivity index (χ0n) is 12.2. The maximum Gasteiger partial charge on any atom is 0.233 e. The fraction of sp³-hybridized carbons (Fsp3) is 0.562. The number of hydrogen-bond acceptors (Lipinski definition) is 2. The van der Waals surface area contributed by atoms with Gasteiger partial charge in [-0.1, -0.05) is 35.8 Å². The van der Waals surface area contributed by atoms with Crippen molar-refractivity contribution in [1.82, 2.24) is 10.6 Å². The zero-order chi connectivity index (χ0) is 14.5. The van der Waals surface area contributed by atoms with E-state index in [1.807, 2.05) is 0 Å². The highest BCUT2D eigenvalue weighted by Crippen LogP contribution is 2.24. The van der Waals surface area contributed by atoms with E-state index >= 15 is 0 Å². The molecule has 20 heavy (non-hydrogen) atoms. The van der Waals surface area contributed by atoms with Crippen molar-refractivity contribution in [3.8, 4) is 0 Å². The first-order valence-electron chi connectivity index (χ1n) is 7.32. The Morgan fingerprint density at radius 1 is 1.40 bits per heavy atom. The second kappa shape index (κ2) is 7.23. The Balaban J connectivity index is 1.79. The summed E-state index contributed by atoms with van der Waals surface area (Å²) in [5.41, 5.74) is 2.83. The van der Waals surface area contributed by atoms with Crippen LogP contribution >= 0.6 is 15.9 Å². The van der Waals surface area contributed by atoms with Crippen LogP contribution in [0.25, 0.3) is 0 Å². The normalized spacial score (nSPS) is 17.9. The molecule has 1 aromatic rings. The second-order valence-corrected chi connectivity index (χ2v) is 6.85. The molecule has 0 heterocycles. The van der Waals surface area contributed by atoms with Crippen LogP contribution in [0, 0.1) is 5.92 Å². The van der Waals surface area contributed by atoms with E-state index in [2.05, 4.69) is 58.6 Å². The molecule has 1 aliphatic rings. The molecule has 1 aliphatic carbocycles. The molecule has 1 amide bonds. The van der Waals surface area contributed by atoms with E-state index in [9.17, 15) is 4.79 Å². The van der Waals surface area contributed by atoms with Gasteiger partial charge in [-0.15, -0.1) is 0 Å². The molecule has 0 radical (unpaired) electrons. The maximum atomic E-state index is 11.7. The minimum atomic E-state index is 0.0975. The first-order valence-corrected chi connectivity index (χ1v) is 8.11. The van der Waals surface area contributed by atoms with Gasteiger partial charge in [0.25, 0.3) is 0 Å². The van der Waals surface area contributed by atoms with Gasteiger partial charge in [0, 0.05) is 17.1 Å². The van der Waals surface area contributed by atoms with Gasteiger partial charge in [0.1, 0.15) is 0 Å². The second-order valence-electron chi connectivity index (χ2n) is 5.93. The van der Waals surface area contributed by atoms with Gasteiger partial charge in [0.15, 0.2) is 0 Å². The maximum absolute atomic E-state index is 11.7. The lowest BCUT2D eigenvalue weighted by Crippen LogP contribution is -2.42. The first kappa shape index (κ1) is 15.5. The monoisotopic (exact) mass is 338 g/mol. The Kier molecular flexibility index (Phi) is 5.61. The third-order valence-corrected chi connectivity index (χ3v) is 4.15. The number of benzene rings is 1. The molecular weight excluding hydrogens is 316 g/mol. The summed E-state index contributed by atoms with van der Waals surface area (Å²) in [5, 5.41) is 6.32. The van der Waals surface area contributed by atoms with Gasteiger partial charge in [-0.3, -0.25) is 4.79 Å². The molecule has 0 saturated carbocycles. The Morgan fingerprint density at radius 2 is 2.20 bits per heavy atom. The number of carbonyl (C=O) groups is 1. The fourth-order valence-electron chi connectivity index (χ4n) is 2.52. The Bertz CT molecular complexity index is 474. The third kappa shape index (κ3) is 4.60. The highest BCUT2D eigenvalue weighted by Gasteiger charge is 2.18. The number of amides is 1. The highest BCUT2D eigenvalue weighted by atomic mass is 79.9. The summed E-state index contributed by atoms with van der Waals surface area (Å²) in [6, 6.07) is 6.90. The molecule has 0 spiro atoms. The van der Waals surface area contributed by atoms with Gasteiger partial charge >= 0.3 is 0 Å². The SMILES string of the molecule is CC(C)CNC(=O)CNC1CCc2cc(Br)ccc2C1. The van der Waals surface area contributed by atoms with E-state index < -0.39 is 0 Å². The summed E-state index contributed by atoms with van der Waals surface area (Å²) in [5.74, 6) is 0.597. The fourth-order valence-corrected chi connectivity index (χ4v) is 2.92. The van der Waals surface area contributed by atoms with E-state index in [0.29, 0.717) is 18.5 Å². The van der Waals surface area contributed by atoms with Crippen LogP contribution in [-0.4, -0.2) is 25.0 Å². The number of nitrogens with one attached hydrogen (secondary N) is 2. The van der Waals surface area contributed by atoms with Crippen LogP contribution in [0.5, 0.6) is 0 Å². The summed E-state index contributed by atoms with van der Waals surface area (Å²) >= 11 is 3.52. The van der Waals surface area contributed by atoms with Gasteiger partial charge < -0.3 is 10.6 Å². The van der Waals surface area contributed by atoms with Crippen molar-refractivity contribution in [1.29, 1.82) is 0 Å². The Morgan fingerprint density at radius 3 is 2.95 bits per heavy atom. The van der Waals surface area contributed by atoms with E-state index in [4.69, 9.17) is 0 Å². The molecular formula is C16H23BrN2O. The van der Waals surface area contributed by atoms with Gasteiger partial charge in [-0.05, 0) is 48.4 Å². The van der Waals surface area contributed by atoms with Crippen molar-refractivity contribution in [2.45, 2.75) is 39.2 Å². The molecule has 4 heteroatoms. The quantitative estimate of drug-likeness (QED) is 0.866. The lowest BCUT2D eigenvalue weighted by atomic mass is 9.88. The van der Waals surface area contributed by atoms with Crippen LogP contribution in [0.4, 0.5) is 0 Å². The summed E-state index contributed by atoms with van der Waals surface area (Å²) < 4.78 is 1.15. The van der Waals surface area contributed by atoms with Crippen LogP contribution in [0.2, 0.25) is 0 Å². The number of rotatable bonds is 5. The average molecular weight is 339 g/mol. The number of hydrogen-bond donors (Lipinski definition) is 2. The summed E-state index contributed by atoms with van der Waals surface area (Å²) in [6.07, 6.45) is 3.20. The molecule has 2 rings (SSSR count). The standard InChI is InChI=1S/C16H23BrN2O/c1-11(2)9-19-16(20)10-18-15-6-4-12-7-14(17)5-3-13(12)8-15/h3,5,7,11,15,18H,4,6,8-10H2,1-2H3,(H,19,20). The molecule has 3 nitrogen and oxygen atoms in total. The lowest BCUT2D eigenvalue weighted by molar-refractivity contribution is -0.120. The molecule has 0 saturated heterocycles. The van der Waals surface area contributed by atoms with Crippen LogP contribution < -0.4 is 10.6 Å². The molecule has 1 aromatic carbocycles. The number of halogens is 1. The van der Waals surface area contributed by atoms with Crippen molar-refractivity contribution in [2.75, 3.05) is 13.1 Å². The number of fused-ring (bicyclic) bond motifs is 1. The lowest BCUT2D eigenvalue weighted by Gasteiger charge is -2.25. The Hall–Kier alpha value is -0.870. The molecule has 0 aromatic heterocycles. The van der Waals surface area contributed by atoms with Gasteiger partial charge in [0.2, 0.25) is 5.91 Å². The molecule has 0 bridgehead atoms. The van der Waals surface area contributed by atoms with Crippen LogP contribution in [0.1, 0.15) is 31.4 Å². The molecule has 110 valence electrons. The van der Waals surface area contributed by atoms with Gasteiger partial charge in [-0.25, -0.2) is 0 Å². The minimum Gasteiger partial charge on any atom is -0.355 e.